The second-order valence-corrected chi connectivity index (χ2v) is 7.76. The third-order valence-corrected chi connectivity index (χ3v) is 4.86. The first kappa shape index (κ1) is 18.0. The lowest BCUT2D eigenvalue weighted by Crippen LogP contribution is -2.51. The maximum Gasteiger partial charge on any atom is 0.434 e. The number of aromatic nitrogens is 1. The predicted molar refractivity (Wildman–Crippen MR) is 84.6 cm³/mol. The van der Waals surface area contributed by atoms with Crippen molar-refractivity contribution in [2.45, 2.75) is 45.8 Å². The fraction of sp³-hybridized carbons (Fsp3) is 0.733. The molecule has 0 N–H and O–H groups in total. The van der Waals surface area contributed by atoms with E-state index < -0.39 is 17.3 Å². The van der Waals surface area contributed by atoms with E-state index >= 15 is 0 Å². The number of amides is 1. The van der Waals surface area contributed by atoms with Crippen molar-refractivity contribution in [3.05, 3.63) is 11.1 Å². The summed E-state index contributed by atoms with van der Waals surface area (Å²) in [6, 6.07) is -0.00582. The topological polar surface area (TPSA) is 36.4 Å². The quantitative estimate of drug-likeness (QED) is 0.818. The molecule has 1 aromatic heterocycles. The second-order valence-electron chi connectivity index (χ2n) is 6.92. The lowest BCUT2D eigenvalue weighted by molar-refractivity contribution is -0.141. The molecule has 0 spiro atoms. The van der Waals surface area contributed by atoms with E-state index in [2.05, 4.69) is 4.98 Å². The molecule has 2 rings (SSSR count). The molecule has 0 aromatic carbocycles. The standard InChI is InChI=1S/C15H22F3N3OS/c1-14(2,3)12(22)20(4)10-6-5-7-21(8-10)13-19-11(9-23-13)15(16,17)18/h9-10H,5-8H2,1-4H3. The molecule has 0 saturated carbocycles. The summed E-state index contributed by atoms with van der Waals surface area (Å²) in [4.78, 5) is 19.7. The van der Waals surface area contributed by atoms with Gasteiger partial charge in [-0.15, -0.1) is 11.3 Å². The number of thiazole rings is 1. The van der Waals surface area contributed by atoms with Crippen LogP contribution in [0.5, 0.6) is 0 Å². The Kier molecular flexibility index (Phi) is 4.94. The third-order valence-electron chi connectivity index (χ3n) is 3.96. The minimum absolute atomic E-state index is 0.00582. The Hall–Kier alpha value is -1.31. The highest BCUT2D eigenvalue weighted by Gasteiger charge is 2.36. The van der Waals surface area contributed by atoms with Gasteiger partial charge >= 0.3 is 6.18 Å². The van der Waals surface area contributed by atoms with Gasteiger partial charge in [0.2, 0.25) is 5.91 Å². The van der Waals surface area contributed by atoms with Crippen LogP contribution < -0.4 is 4.90 Å². The minimum Gasteiger partial charge on any atom is -0.346 e. The number of piperidine rings is 1. The molecule has 0 aliphatic carbocycles. The fourth-order valence-corrected chi connectivity index (χ4v) is 3.55. The summed E-state index contributed by atoms with van der Waals surface area (Å²) >= 11 is 1.00. The summed E-state index contributed by atoms with van der Waals surface area (Å²) in [5.41, 5.74) is -1.32. The first-order valence-electron chi connectivity index (χ1n) is 7.55. The van der Waals surface area contributed by atoms with Crippen molar-refractivity contribution in [3.63, 3.8) is 0 Å². The normalized spacial score (nSPS) is 19.8. The Morgan fingerprint density at radius 2 is 2.04 bits per heavy atom. The van der Waals surface area contributed by atoms with Gasteiger partial charge in [-0.25, -0.2) is 4.98 Å². The lowest BCUT2D eigenvalue weighted by Gasteiger charge is -2.39. The Labute approximate surface area is 138 Å². The maximum absolute atomic E-state index is 12.7. The molecule has 1 fully saturated rings. The fourth-order valence-electron chi connectivity index (χ4n) is 2.68. The summed E-state index contributed by atoms with van der Waals surface area (Å²) in [7, 11) is 1.77. The molecule has 1 saturated heterocycles. The summed E-state index contributed by atoms with van der Waals surface area (Å²) in [6.07, 6.45) is -2.73. The van der Waals surface area contributed by atoms with Gasteiger partial charge in [-0.3, -0.25) is 4.79 Å². The highest BCUT2D eigenvalue weighted by atomic mass is 32.1. The number of hydrogen-bond acceptors (Lipinski definition) is 4. The van der Waals surface area contributed by atoms with E-state index in [1.165, 1.54) is 0 Å². The van der Waals surface area contributed by atoms with Gasteiger partial charge in [-0.2, -0.15) is 13.2 Å². The number of carbonyl (C=O) groups excluding carboxylic acids is 1. The van der Waals surface area contributed by atoms with Crippen LogP contribution in [0.1, 0.15) is 39.3 Å². The Balaban J connectivity index is 2.09. The molecule has 2 heterocycles. The van der Waals surface area contributed by atoms with Crippen molar-refractivity contribution in [1.29, 1.82) is 0 Å². The summed E-state index contributed by atoms with van der Waals surface area (Å²) < 4.78 is 38.0. The van der Waals surface area contributed by atoms with E-state index in [0.29, 0.717) is 18.2 Å². The van der Waals surface area contributed by atoms with Crippen LogP contribution in [0.15, 0.2) is 5.38 Å². The van der Waals surface area contributed by atoms with E-state index in [1.807, 2.05) is 25.7 Å². The molecule has 130 valence electrons. The Morgan fingerprint density at radius 3 is 2.57 bits per heavy atom. The first-order chi connectivity index (χ1) is 10.5. The number of carbonyl (C=O) groups is 1. The van der Waals surface area contributed by atoms with Crippen molar-refractivity contribution in [3.8, 4) is 0 Å². The number of halogens is 3. The van der Waals surface area contributed by atoms with Gasteiger partial charge in [0.25, 0.3) is 0 Å². The van der Waals surface area contributed by atoms with Crippen LogP contribution >= 0.6 is 11.3 Å². The van der Waals surface area contributed by atoms with Crippen LogP contribution in [-0.4, -0.2) is 42.0 Å². The molecule has 1 aliphatic rings. The van der Waals surface area contributed by atoms with Gasteiger partial charge in [-0.05, 0) is 12.8 Å². The van der Waals surface area contributed by atoms with Gasteiger partial charge in [-0.1, -0.05) is 20.8 Å². The van der Waals surface area contributed by atoms with Crippen LogP contribution in [0, 0.1) is 5.41 Å². The number of rotatable bonds is 2. The molecule has 1 amide bonds. The van der Waals surface area contributed by atoms with Crippen LogP contribution in [-0.2, 0) is 11.0 Å². The SMILES string of the molecule is CN(C(=O)C(C)(C)C)C1CCCN(c2nc(C(F)(F)F)cs2)C1. The highest BCUT2D eigenvalue weighted by molar-refractivity contribution is 7.13. The molecule has 0 radical (unpaired) electrons. The monoisotopic (exact) mass is 349 g/mol. The molecule has 1 unspecified atom stereocenters. The minimum atomic E-state index is -4.41. The largest absolute Gasteiger partial charge is 0.434 e. The number of nitrogens with zero attached hydrogens (tertiary/aromatic N) is 3. The molecule has 8 heteroatoms. The average molecular weight is 349 g/mol. The van der Waals surface area contributed by atoms with E-state index in [1.54, 1.807) is 11.9 Å². The molecular weight excluding hydrogens is 327 g/mol. The van der Waals surface area contributed by atoms with Crippen molar-refractivity contribution < 1.29 is 18.0 Å². The van der Waals surface area contributed by atoms with Crippen molar-refractivity contribution in [2.75, 3.05) is 25.0 Å². The van der Waals surface area contributed by atoms with Gasteiger partial charge in [0.15, 0.2) is 10.8 Å². The predicted octanol–water partition coefficient (Wildman–Crippen LogP) is 3.64. The number of likely N-dealkylation sites (N-methyl/N-ethyl adjacent to an activating group) is 1. The van der Waals surface area contributed by atoms with Crippen molar-refractivity contribution in [1.82, 2.24) is 9.88 Å². The molecule has 23 heavy (non-hydrogen) atoms. The average Bonchev–Trinajstić information content (AvgIpc) is 2.94. The van der Waals surface area contributed by atoms with Gasteiger partial charge in [0.05, 0.1) is 0 Å². The van der Waals surface area contributed by atoms with E-state index in [9.17, 15) is 18.0 Å². The van der Waals surface area contributed by atoms with E-state index in [-0.39, 0.29) is 11.9 Å². The summed E-state index contributed by atoms with van der Waals surface area (Å²) in [5.74, 6) is 0.0412. The summed E-state index contributed by atoms with van der Waals surface area (Å²) in [5, 5.41) is 1.42. The van der Waals surface area contributed by atoms with Gasteiger partial charge < -0.3 is 9.80 Å². The maximum atomic E-state index is 12.7. The molecule has 1 atom stereocenters. The lowest BCUT2D eigenvalue weighted by atomic mass is 9.93. The third kappa shape index (κ3) is 4.16. The second kappa shape index (κ2) is 6.30. The Bertz CT molecular complexity index is 565. The molecule has 1 aromatic rings. The first-order valence-corrected chi connectivity index (χ1v) is 8.43. The smallest absolute Gasteiger partial charge is 0.346 e. The van der Waals surface area contributed by atoms with Gasteiger partial charge in [0.1, 0.15) is 0 Å². The number of anilines is 1. The van der Waals surface area contributed by atoms with E-state index in [0.717, 1.165) is 29.6 Å². The Morgan fingerprint density at radius 1 is 1.39 bits per heavy atom. The molecule has 4 nitrogen and oxygen atoms in total. The number of hydrogen-bond donors (Lipinski definition) is 0. The zero-order valence-electron chi connectivity index (χ0n) is 13.8. The van der Waals surface area contributed by atoms with Crippen LogP contribution in [0.25, 0.3) is 0 Å². The van der Waals surface area contributed by atoms with Crippen LogP contribution in [0.3, 0.4) is 0 Å². The zero-order chi connectivity index (χ0) is 17.4. The van der Waals surface area contributed by atoms with Crippen LogP contribution in [0.4, 0.5) is 18.3 Å². The summed E-state index contributed by atoms with van der Waals surface area (Å²) in [6.45, 7) is 6.77. The van der Waals surface area contributed by atoms with Gasteiger partial charge in [0, 0.05) is 37.0 Å². The number of alkyl halides is 3. The van der Waals surface area contributed by atoms with Crippen molar-refractivity contribution in [2.24, 2.45) is 5.41 Å². The van der Waals surface area contributed by atoms with E-state index in [4.69, 9.17) is 0 Å². The molecule has 0 bridgehead atoms. The highest BCUT2D eigenvalue weighted by Crippen LogP contribution is 2.34. The van der Waals surface area contributed by atoms with Crippen LogP contribution in [0.2, 0.25) is 0 Å². The zero-order valence-corrected chi connectivity index (χ0v) is 14.6. The molecule has 1 aliphatic heterocycles. The molecular formula is C15H22F3N3OS. The van der Waals surface area contributed by atoms with Crippen molar-refractivity contribution >= 4 is 22.4 Å².